The predicted molar refractivity (Wildman–Crippen MR) is 54.6 cm³/mol. The fourth-order valence-corrected chi connectivity index (χ4v) is 1.20. The minimum absolute atomic E-state index is 0.482. The van der Waals surface area contributed by atoms with Gasteiger partial charge in [-0.2, -0.15) is 0 Å². The number of hydrogen-bond donors (Lipinski definition) is 0. The van der Waals surface area contributed by atoms with Gasteiger partial charge in [0.15, 0.2) is 0 Å². The quantitative estimate of drug-likeness (QED) is 0.688. The lowest BCUT2D eigenvalue weighted by Gasteiger charge is -2.17. The van der Waals surface area contributed by atoms with Crippen LogP contribution < -0.4 is 4.74 Å². The van der Waals surface area contributed by atoms with Gasteiger partial charge < -0.3 is 9.53 Å². The molecule has 1 aromatic heterocycles. The Kier molecular flexibility index (Phi) is 2.89. The first-order valence-electron chi connectivity index (χ1n) is 4.48. The number of carbonyl (C=O) groups is 1. The number of aldehydes is 1. The Balaban J connectivity index is 3.15. The Bertz CT molecular complexity index is 345. The molecule has 0 saturated carbocycles. The summed E-state index contributed by atoms with van der Waals surface area (Å²) in [7, 11) is 1.58. The van der Waals surface area contributed by atoms with Crippen LogP contribution in [-0.2, 0) is 10.2 Å². The molecule has 0 fully saturated rings. The molecule has 1 heterocycles. The minimum Gasteiger partial charge on any atom is -0.481 e. The van der Waals surface area contributed by atoms with Crippen LogP contribution in [0.15, 0.2) is 12.3 Å². The first kappa shape index (κ1) is 10.7. The van der Waals surface area contributed by atoms with Crippen LogP contribution in [0.25, 0.3) is 0 Å². The number of pyridine rings is 1. The lowest BCUT2D eigenvalue weighted by atomic mass is 9.87. The van der Waals surface area contributed by atoms with Gasteiger partial charge in [-0.25, -0.2) is 4.98 Å². The molecule has 0 N–H and O–H groups in total. The molecule has 3 nitrogen and oxygen atoms in total. The Hall–Kier alpha value is -1.38. The number of carbonyl (C=O) groups excluding carboxylic acids is 1. The van der Waals surface area contributed by atoms with Crippen molar-refractivity contribution in [2.45, 2.75) is 26.2 Å². The first-order chi connectivity index (χ1) is 6.51. The second-order valence-electron chi connectivity index (χ2n) is 3.89. The molecule has 0 spiro atoms. The molecule has 0 aliphatic heterocycles. The van der Waals surface area contributed by atoms with Crippen LogP contribution >= 0.6 is 0 Å². The van der Waals surface area contributed by atoms with Gasteiger partial charge in [-0.05, 0) is 32.4 Å². The van der Waals surface area contributed by atoms with Crippen LogP contribution in [0.4, 0.5) is 0 Å². The van der Waals surface area contributed by atoms with Crippen LogP contribution in [0, 0.1) is 6.92 Å². The van der Waals surface area contributed by atoms with Crippen molar-refractivity contribution in [3.05, 3.63) is 23.4 Å². The Morgan fingerprint density at radius 2 is 2.14 bits per heavy atom. The fraction of sp³-hybridized carbons (Fsp3) is 0.455. The van der Waals surface area contributed by atoms with E-state index in [9.17, 15) is 4.79 Å². The number of methoxy groups -OCH3 is 1. The zero-order valence-electron chi connectivity index (χ0n) is 9.00. The van der Waals surface area contributed by atoms with E-state index < -0.39 is 5.41 Å². The minimum atomic E-state index is -0.482. The number of aromatic nitrogens is 1. The van der Waals surface area contributed by atoms with Gasteiger partial charge in [0.25, 0.3) is 0 Å². The molecule has 0 amide bonds. The van der Waals surface area contributed by atoms with Gasteiger partial charge in [0.2, 0.25) is 5.88 Å². The van der Waals surface area contributed by atoms with Gasteiger partial charge in [-0.15, -0.1) is 0 Å². The summed E-state index contributed by atoms with van der Waals surface area (Å²) in [5, 5.41) is 0. The van der Waals surface area contributed by atoms with Crippen molar-refractivity contribution in [3.8, 4) is 5.88 Å². The maximum atomic E-state index is 10.8. The highest BCUT2D eigenvalue weighted by Crippen LogP contribution is 2.23. The van der Waals surface area contributed by atoms with Crippen molar-refractivity contribution in [1.82, 2.24) is 4.98 Å². The van der Waals surface area contributed by atoms with E-state index in [1.54, 1.807) is 13.3 Å². The first-order valence-corrected chi connectivity index (χ1v) is 4.48. The molecule has 14 heavy (non-hydrogen) atoms. The van der Waals surface area contributed by atoms with Gasteiger partial charge in [-0.3, -0.25) is 0 Å². The highest BCUT2D eigenvalue weighted by Gasteiger charge is 2.20. The van der Waals surface area contributed by atoms with E-state index >= 15 is 0 Å². The lowest BCUT2D eigenvalue weighted by Crippen LogP contribution is -2.19. The van der Waals surface area contributed by atoms with E-state index in [1.807, 2.05) is 26.8 Å². The normalized spacial score (nSPS) is 11.1. The van der Waals surface area contributed by atoms with Crippen molar-refractivity contribution < 1.29 is 9.53 Å². The van der Waals surface area contributed by atoms with Crippen LogP contribution in [0.1, 0.15) is 25.0 Å². The lowest BCUT2D eigenvalue weighted by molar-refractivity contribution is -0.111. The summed E-state index contributed by atoms with van der Waals surface area (Å²) in [4.78, 5) is 15.0. The van der Waals surface area contributed by atoms with Gasteiger partial charge in [-0.1, -0.05) is 0 Å². The molecule has 1 rings (SSSR count). The van der Waals surface area contributed by atoms with Crippen molar-refractivity contribution in [2.75, 3.05) is 7.11 Å². The third kappa shape index (κ3) is 1.92. The number of hydrogen-bond acceptors (Lipinski definition) is 3. The molecule has 0 radical (unpaired) electrons. The van der Waals surface area contributed by atoms with Crippen molar-refractivity contribution >= 4 is 6.29 Å². The molecule has 3 heteroatoms. The van der Waals surface area contributed by atoms with E-state index in [4.69, 9.17) is 4.74 Å². The average Bonchev–Trinajstić information content (AvgIpc) is 2.17. The Morgan fingerprint density at radius 1 is 1.50 bits per heavy atom. The highest BCUT2D eigenvalue weighted by atomic mass is 16.5. The monoisotopic (exact) mass is 193 g/mol. The van der Waals surface area contributed by atoms with Crippen LogP contribution in [0.5, 0.6) is 5.88 Å². The van der Waals surface area contributed by atoms with Crippen molar-refractivity contribution in [1.29, 1.82) is 0 Å². The summed E-state index contributed by atoms with van der Waals surface area (Å²) < 4.78 is 5.05. The third-order valence-corrected chi connectivity index (χ3v) is 2.26. The third-order valence-electron chi connectivity index (χ3n) is 2.26. The summed E-state index contributed by atoms with van der Waals surface area (Å²) in [6.07, 6.45) is 2.61. The number of ether oxygens (including phenoxy) is 1. The standard InChI is InChI=1S/C11H15NO2/c1-8-5-9(11(2,3)7-13)6-12-10(8)14-4/h5-7H,1-4H3. The van der Waals surface area contributed by atoms with Gasteiger partial charge in [0.05, 0.1) is 7.11 Å². The number of rotatable bonds is 3. The van der Waals surface area contributed by atoms with Gasteiger partial charge in [0, 0.05) is 17.2 Å². The molecule has 76 valence electrons. The smallest absolute Gasteiger partial charge is 0.215 e. The number of nitrogens with zero attached hydrogens (tertiary/aromatic N) is 1. The van der Waals surface area contributed by atoms with Crippen LogP contribution in [0.3, 0.4) is 0 Å². The molecular formula is C11H15NO2. The highest BCUT2D eigenvalue weighted by molar-refractivity contribution is 5.67. The van der Waals surface area contributed by atoms with Crippen molar-refractivity contribution in [3.63, 3.8) is 0 Å². The summed E-state index contributed by atoms with van der Waals surface area (Å²) in [5.74, 6) is 0.607. The van der Waals surface area contributed by atoms with E-state index in [2.05, 4.69) is 4.98 Å². The zero-order valence-corrected chi connectivity index (χ0v) is 9.00. The summed E-state index contributed by atoms with van der Waals surface area (Å²) >= 11 is 0. The molecular weight excluding hydrogens is 178 g/mol. The second-order valence-corrected chi connectivity index (χ2v) is 3.89. The summed E-state index contributed by atoms with van der Waals surface area (Å²) in [6, 6.07) is 1.93. The SMILES string of the molecule is COc1ncc(C(C)(C)C=O)cc1C. The van der Waals surface area contributed by atoms with E-state index in [0.29, 0.717) is 5.88 Å². The predicted octanol–water partition coefficient (Wildman–Crippen LogP) is 1.88. The molecule has 0 aliphatic carbocycles. The molecule has 0 aliphatic rings. The molecule has 1 aromatic rings. The Morgan fingerprint density at radius 3 is 2.57 bits per heavy atom. The molecule has 0 aromatic carbocycles. The maximum Gasteiger partial charge on any atom is 0.215 e. The number of aryl methyl sites for hydroxylation is 1. The largest absolute Gasteiger partial charge is 0.481 e. The zero-order chi connectivity index (χ0) is 10.8. The summed E-state index contributed by atoms with van der Waals surface area (Å²) in [5.41, 5.74) is 1.37. The summed E-state index contributed by atoms with van der Waals surface area (Å²) in [6.45, 7) is 5.64. The average molecular weight is 193 g/mol. The molecule has 0 saturated heterocycles. The second kappa shape index (κ2) is 3.78. The molecule has 0 unspecified atom stereocenters. The fourth-order valence-electron chi connectivity index (χ4n) is 1.20. The molecule has 0 atom stereocenters. The van der Waals surface area contributed by atoms with Gasteiger partial charge >= 0.3 is 0 Å². The van der Waals surface area contributed by atoms with Gasteiger partial charge in [0.1, 0.15) is 6.29 Å². The molecule has 0 bridgehead atoms. The van der Waals surface area contributed by atoms with E-state index in [-0.39, 0.29) is 0 Å². The van der Waals surface area contributed by atoms with Crippen LogP contribution in [-0.4, -0.2) is 18.4 Å². The Labute approximate surface area is 84.1 Å². The maximum absolute atomic E-state index is 10.8. The topological polar surface area (TPSA) is 39.2 Å². The van der Waals surface area contributed by atoms with E-state index in [0.717, 1.165) is 17.4 Å². The van der Waals surface area contributed by atoms with E-state index in [1.165, 1.54) is 0 Å². The van der Waals surface area contributed by atoms with Crippen LogP contribution in [0.2, 0.25) is 0 Å². The van der Waals surface area contributed by atoms with Crippen molar-refractivity contribution in [2.24, 2.45) is 0 Å².